The smallest absolute Gasteiger partial charge is 0.442 e. The molecule has 0 aromatic heterocycles. The Hall–Kier alpha value is -1.82. The first kappa shape index (κ1) is 21.5. The van der Waals surface area contributed by atoms with Crippen molar-refractivity contribution >= 4 is 25.6 Å². The Morgan fingerprint density at radius 2 is 1.56 bits per heavy atom. The molecule has 0 aliphatic carbocycles. The second-order valence-corrected chi connectivity index (χ2v) is 10.7. The van der Waals surface area contributed by atoms with E-state index in [1.165, 1.54) is 0 Å². The van der Waals surface area contributed by atoms with Gasteiger partial charge in [0.2, 0.25) is 0 Å². The maximum Gasteiger partial charge on any atom is 0.442 e. The summed E-state index contributed by atoms with van der Waals surface area (Å²) in [5, 5.41) is 9.83. The van der Waals surface area contributed by atoms with Crippen molar-refractivity contribution in [2.24, 2.45) is 0 Å². The fourth-order valence-electron chi connectivity index (χ4n) is 2.82. The van der Waals surface area contributed by atoms with Crippen LogP contribution in [0.15, 0.2) is 45.4 Å². The normalized spacial score (nSPS) is 20.7. The lowest BCUT2D eigenvalue weighted by atomic mass is 10.1. The van der Waals surface area contributed by atoms with E-state index in [0.29, 0.717) is 0 Å². The summed E-state index contributed by atoms with van der Waals surface area (Å²) < 4.78 is 105. The van der Waals surface area contributed by atoms with Crippen molar-refractivity contribution in [3.8, 4) is 0 Å². The van der Waals surface area contributed by atoms with Gasteiger partial charge in [-0.05, 0) is 24.1 Å². The molecule has 152 valence electrons. The zero-order valence-electron chi connectivity index (χ0n) is 13.9. The molecule has 0 radical (unpaired) electrons. The molecule has 1 aliphatic rings. The molecule has 0 saturated carbocycles. The van der Waals surface area contributed by atoms with E-state index in [2.05, 4.69) is 5.32 Å². The van der Waals surface area contributed by atoms with Crippen LogP contribution in [0.2, 0.25) is 0 Å². The number of sulfone groups is 1. The Morgan fingerprint density at radius 1 is 1.07 bits per heavy atom. The zero-order valence-corrected chi connectivity index (χ0v) is 15.6. The van der Waals surface area contributed by atoms with Crippen LogP contribution in [0, 0.1) is 0 Å². The summed E-state index contributed by atoms with van der Waals surface area (Å²) in [4.78, 5) is -1.07. The molecule has 1 aromatic rings. The van der Waals surface area contributed by atoms with Crippen LogP contribution in [0.3, 0.4) is 0 Å². The summed E-state index contributed by atoms with van der Waals surface area (Å²) in [7, 11) is -9.14. The lowest BCUT2D eigenvalue weighted by Gasteiger charge is -2.40. The third kappa shape index (κ3) is 3.28. The average Bonchev–Trinajstić information content (AvgIpc) is 2.89. The fourth-order valence-corrected chi connectivity index (χ4v) is 6.36. The van der Waals surface area contributed by atoms with Gasteiger partial charge in [-0.25, -0.2) is 8.42 Å². The molecule has 0 saturated heterocycles. The first-order chi connectivity index (χ1) is 12.2. The topological polar surface area (TPSA) is 66.4 Å². The van der Waals surface area contributed by atoms with Crippen molar-refractivity contribution < 1.29 is 39.9 Å². The highest BCUT2D eigenvalue weighted by Crippen LogP contribution is 2.83. The minimum absolute atomic E-state index is 0.0542. The van der Waals surface area contributed by atoms with Gasteiger partial charge >= 0.3 is 11.0 Å². The summed E-state index contributed by atoms with van der Waals surface area (Å²) in [5.41, 5.74) is -11.9. The number of hydrogen-bond donors (Lipinski definition) is 2. The lowest BCUT2D eigenvalue weighted by molar-refractivity contribution is -0.0774. The molecule has 2 rings (SSSR count). The molecule has 1 heterocycles. The van der Waals surface area contributed by atoms with Gasteiger partial charge in [-0.2, -0.15) is 26.3 Å². The van der Waals surface area contributed by atoms with Gasteiger partial charge < -0.3 is 10.4 Å². The van der Waals surface area contributed by atoms with Crippen LogP contribution < -0.4 is 5.32 Å². The van der Waals surface area contributed by atoms with Gasteiger partial charge in [-0.1, -0.05) is 19.1 Å². The molecule has 0 bridgehead atoms. The number of alkyl halides is 6. The molecule has 0 spiro atoms. The molecular weight excluding hydrogens is 420 g/mol. The Kier molecular flexibility index (Phi) is 5.30. The van der Waals surface area contributed by atoms with Gasteiger partial charge in [0.1, 0.15) is 11.3 Å². The molecule has 2 N–H and O–H groups in total. The highest BCUT2D eigenvalue weighted by molar-refractivity contribution is 8.41. The molecule has 12 heteroatoms. The summed E-state index contributed by atoms with van der Waals surface area (Å²) in [6.07, 6.45) is 0.132. The quantitative estimate of drug-likeness (QED) is 0.520. The van der Waals surface area contributed by atoms with Crippen molar-refractivity contribution in [3.63, 3.8) is 0 Å². The van der Waals surface area contributed by atoms with Crippen LogP contribution in [0.5, 0.6) is 0 Å². The number of halogens is 6. The van der Waals surface area contributed by atoms with Crippen LogP contribution in [-0.2, 0) is 9.84 Å². The first-order valence-electron chi connectivity index (χ1n) is 7.32. The Balaban J connectivity index is 2.80. The number of nitrogens with one attached hydrogen (secondary N) is 1. The van der Waals surface area contributed by atoms with Gasteiger partial charge in [-0.15, -0.1) is 0 Å². The first-order valence-corrected chi connectivity index (χ1v) is 10.8. The fraction of sp³-hybridized carbons (Fsp3) is 0.333. The van der Waals surface area contributed by atoms with Gasteiger partial charge in [0.25, 0.3) is 0 Å². The van der Waals surface area contributed by atoms with Crippen molar-refractivity contribution in [2.45, 2.75) is 29.3 Å². The second kappa shape index (κ2) is 6.66. The third-order valence-electron chi connectivity index (χ3n) is 3.93. The van der Waals surface area contributed by atoms with Crippen LogP contribution in [0.25, 0.3) is 5.70 Å². The van der Waals surface area contributed by atoms with E-state index >= 15 is 0 Å². The second-order valence-electron chi connectivity index (χ2n) is 5.57. The Bertz CT molecular complexity index is 885. The summed E-state index contributed by atoms with van der Waals surface area (Å²) in [6.45, 7) is 1.15. The van der Waals surface area contributed by atoms with Gasteiger partial charge in [0.05, 0.1) is 10.6 Å². The maximum absolute atomic E-state index is 13.7. The average molecular weight is 435 g/mol. The van der Waals surface area contributed by atoms with Crippen LogP contribution in [-0.4, -0.2) is 30.8 Å². The molecule has 1 aliphatic heterocycles. The summed E-state index contributed by atoms with van der Waals surface area (Å²) >= 11 is 0. The molecule has 0 unspecified atom stereocenters. The lowest BCUT2D eigenvalue weighted by Crippen LogP contribution is -2.35. The number of rotatable bonds is 3. The standard InChI is InChI=1S/C15H15F6NO3S2/c1-3-11-13(9-4-6-10(7-5-9)26(2,24)25)22-12(8-23)27(11,14(16,17)18)15(19,20)21/h4-8,22-23H,3H2,1-2H3. The zero-order chi connectivity index (χ0) is 20.8. The number of hydrogen-bond acceptors (Lipinski definition) is 4. The van der Waals surface area contributed by atoms with Gasteiger partial charge in [0, 0.05) is 21.2 Å². The third-order valence-corrected chi connectivity index (χ3v) is 8.55. The highest BCUT2D eigenvalue weighted by Gasteiger charge is 2.72. The number of aliphatic hydroxyl groups is 1. The van der Waals surface area contributed by atoms with Crippen LogP contribution in [0.1, 0.15) is 18.9 Å². The molecule has 1 aromatic carbocycles. The van der Waals surface area contributed by atoms with Crippen LogP contribution in [0.4, 0.5) is 26.3 Å². The molecule has 27 heavy (non-hydrogen) atoms. The molecule has 4 nitrogen and oxygen atoms in total. The minimum Gasteiger partial charge on any atom is -0.513 e. The number of allylic oxidation sites excluding steroid dienone is 1. The van der Waals surface area contributed by atoms with E-state index in [-0.39, 0.29) is 16.7 Å². The van der Waals surface area contributed by atoms with Crippen LogP contribution >= 0.6 is 10.0 Å². The molecule has 0 atom stereocenters. The largest absolute Gasteiger partial charge is 0.513 e. The van der Waals surface area contributed by atoms with Crippen molar-refractivity contribution in [1.82, 2.24) is 5.32 Å². The van der Waals surface area contributed by atoms with Gasteiger partial charge in [0.15, 0.2) is 9.84 Å². The molecule has 0 fully saturated rings. The minimum atomic E-state index is -5.69. The molecular formula is C15H15F6NO3S2. The van der Waals surface area contributed by atoms with E-state index in [1.807, 2.05) is 0 Å². The van der Waals surface area contributed by atoms with Gasteiger partial charge in [-0.3, -0.25) is 0 Å². The van der Waals surface area contributed by atoms with E-state index in [9.17, 15) is 34.8 Å². The summed E-state index contributed by atoms with van der Waals surface area (Å²) in [5.74, 6) is 0. The predicted molar refractivity (Wildman–Crippen MR) is 90.3 cm³/mol. The van der Waals surface area contributed by atoms with E-state index < -0.39 is 52.9 Å². The predicted octanol–water partition coefficient (Wildman–Crippen LogP) is 4.97. The number of benzene rings is 1. The number of aliphatic hydroxyl groups excluding tert-OH is 1. The highest BCUT2D eigenvalue weighted by atomic mass is 32.3. The SMILES string of the molecule is CCC1=C(c2ccc(S(C)(=O)=O)cc2)NC(=CO)S1(C(F)(F)F)C(F)(F)F. The van der Waals surface area contributed by atoms with E-state index in [0.717, 1.165) is 37.4 Å². The van der Waals surface area contributed by atoms with E-state index in [1.54, 1.807) is 0 Å². The maximum atomic E-state index is 13.7. The Morgan fingerprint density at radius 3 is 1.89 bits per heavy atom. The Labute approximate surface area is 152 Å². The van der Waals surface area contributed by atoms with Crippen molar-refractivity contribution in [1.29, 1.82) is 0 Å². The van der Waals surface area contributed by atoms with Crippen molar-refractivity contribution in [2.75, 3.05) is 6.26 Å². The van der Waals surface area contributed by atoms with Crippen molar-refractivity contribution in [3.05, 3.63) is 46.0 Å². The molecule has 0 amide bonds. The monoisotopic (exact) mass is 435 g/mol. The van der Waals surface area contributed by atoms with E-state index in [4.69, 9.17) is 5.11 Å². The summed E-state index contributed by atoms with van der Waals surface area (Å²) in [6, 6.07) is 4.41.